The Hall–Kier alpha value is -3.00. The molecule has 0 radical (unpaired) electrons. The summed E-state index contributed by atoms with van der Waals surface area (Å²) in [5.74, 6) is 1.51. The van der Waals surface area contributed by atoms with Gasteiger partial charge in [0.05, 0.1) is 10.3 Å². The number of aryl methyl sites for hydroxylation is 1. The quantitative estimate of drug-likeness (QED) is 0.509. The number of rotatable bonds is 7. The molecule has 7 nitrogen and oxygen atoms in total. The number of likely N-dealkylation sites (tertiary alicyclic amines) is 2. The van der Waals surface area contributed by atoms with Crippen LogP contribution in [0.25, 0.3) is 10.2 Å². The van der Waals surface area contributed by atoms with Gasteiger partial charge >= 0.3 is 0 Å². The van der Waals surface area contributed by atoms with Crippen LogP contribution in [-0.2, 0) is 4.79 Å². The molecule has 0 unspecified atom stereocenters. The summed E-state index contributed by atoms with van der Waals surface area (Å²) in [5.41, 5.74) is 2.26. The lowest BCUT2D eigenvalue weighted by Crippen LogP contribution is -2.39. The highest BCUT2D eigenvalue weighted by molar-refractivity contribution is 7.20. The lowest BCUT2D eigenvalue weighted by atomic mass is 9.90. The molecule has 34 heavy (non-hydrogen) atoms. The van der Waals surface area contributed by atoms with Crippen molar-refractivity contribution in [2.24, 2.45) is 0 Å². The van der Waals surface area contributed by atoms with Crippen molar-refractivity contribution in [3.63, 3.8) is 0 Å². The zero-order chi connectivity index (χ0) is 23.5. The Morgan fingerprint density at radius 2 is 2.03 bits per heavy atom. The second kappa shape index (κ2) is 10.1. The minimum absolute atomic E-state index is 0.0969. The fourth-order valence-electron chi connectivity index (χ4n) is 5.13. The van der Waals surface area contributed by atoms with E-state index >= 15 is 0 Å². The lowest BCUT2D eigenvalue weighted by Gasteiger charge is -2.33. The Morgan fingerprint density at radius 1 is 1.18 bits per heavy atom. The Kier molecular flexibility index (Phi) is 6.76. The lowest BCUT2D eigenvalue weighted by molar-refractivity contribution is -0.127. The molecule has 4 heterocycles. The minimum atomic E-state index is 0.0969. The van der Waals surface area contributed by atoms with E-state index in [-0.39, 0.29) is 11.8 Å². The number of nitrogens with one attached hydrogen (secondary N) is 1. The highest BCUT2D eigenvalue weighted by Gasteiger charge is 2.28. The first-order valence-electron chi connectivity index (χ1n) is 12.2. The standard InChI is InChI=1S/C26H31N5O2S/c1-18-22-24(27-12-7-15-30-13-6-11-21(30)32)28-17-29-25(22)34-23(18)26(33)31-14-5-10-20(16-31)19-8-3-2-4-9-19/h2-4,8-9,17,20H,5-7,10-16H2,1H3,(H,27,28,29)/t20-/m1/s1. The molecule has 1 atom stereocenters. The molecule has 0 bridgehead atoms. The molecule has 3 aromatic rings. The molecule has 1 N–H and O–H groups in total. The first-order valence-corrected chi connectivity index (χ1v) is 13.0. The van der Waals surface area contributed by atoms with Gasteiger partial charge in [-0.2, -0.15) is 0 Å². The number of hydrogen-bond acceptors (Lipinski definition) is 6. The van der Waals surface area contributed by atoms with E-state index in [9.17, 15) is 9.59 Å². The predicted molar refractivity (Wildman–Crippen MR) is 135 cm³/mol. The number of anilines is 1. The molecular formula is C26H31N5O2S. The summed E-state index contributed by atoms with van der Waals surface area (Å²) in [6.45, 7) is 5.91. The average Bonchev–Trinajstić information content (AvgIpc) is 3.44. The van der Waals surface area contributed by atoms with Gasteiger partial charge in [-0.05, 0) is 43.7 Å². The fourth-order valence-corrected chi connectivity index (χ4v) is 6.25. The van der Waals surface area contributed by atoms with Crippen molar-refractivity contribution in [1.82, 2.24) is 19.8 Å². The molecule has 178 valence electrons. The number of hydrogen-bond donors (Lipinski definition) is 1. The number of piperidine rings is 1. The highest BCUT2D eigenvalue weighted by atomic mass is 32.1. The van der Waals surface area contributed by atoms with Crippen LogP contribution in [0.4, 0.5) is 5.82 Å². The Labute approximate surface area is 204 Å². The molecule has 0 aliphatic carbocycles. The summed E-state index contributed by atoms with van der Waals surface area (Å²) in [6, 6.07) is 10.5. The molecule has 1 aromatic carbocycles. The number of carbonyl (C=O) groups excluding carboxylic acids is 2. The molecule has 0 saturated carbocycles. The van der Waals surface area contributed by atoms with E-state index in [1.807, 2.05) is 22.8 Å². The van der Waals surface area contributed by atoms with Gasteiger partial charge in [0.15, 0.2) is 0 Å². The maximum absolute atomic E-state index is 13.5. The van der Waals surface area contributed by atoms with Crippen molar-refractivity contribution in [3.05, 3.63) is 52.7 Å². The van der Waals surface area contributed by atoms with Gasteiger partial charge in [0.2, 0.25) is 5.91 Å². The number of fused-ring (bicyclic) bond motifs is 1. The molecule has 2 aliphatic rings. The second-order valence-electron chi connectivity index (χ2n) is 9.22. The van der Waals surface area contributed by atoms with E-state index in [0.29, 0.717) is 12.3 Å². The van der Waals surface area contributed by atoms with Crippen LogP contribution in [0, 0.1) is 6.92 Å². The van der Waals surface area contributed by atoms with Gasteiger partial charge in [-0.25, -0.2) is 9.97 Å². The molecule has 2 fully saturated rings. The molecule has 2 saturated heterocycles. The maximum Gasteiger partial charge on any atom is 0.264 e. The van der Waals surface area contributed by atoms with Crippen LogP contribution in [-0.4, -0.2) is 64.3 Å². The van der Waals surface area contributed by atoms with E-state index < -0.39 is 0 Å². The summed E-state index contributed by atoms with van der Waals surface area (Å²) in [7, 11) is 0. The molecule has 2 amide bonds. The highest BCUT2D eigenvalue weighted by Crippen LogP contribution is 2.35. The summed E-state index contributed by atoms with van der Waals surface area (Å²) >= 11 is 1.46. The Bertz CT molecular complexity index is 1180. The van der Waals surface area contributed by atoms with Gasteiger partial charge in [-0.15, -0.1) is 11.3 Å². The monoisotopic (exact) mass is 477 g/mol. The normalized spacial score (nSPS) is 18.6. The van der Waals surface area contributed by atoms with Gasteiger partial charge in [-0.1, -0.05) is 30.3 Å². The number of nitrogens with zero attached hydrogens (tertiary/aromatic N) is 4. The molecule has 8 heteroatoms. The third kappa shape index (κ3) is 4.64. The summed E-state index contributed by atoms with van der Waals surface area (Å²) in [5, 5.41) is 4.36. The van der Waals surface area contributed by atoms with Gasteiger partial charge in [-0.3, -0.25) is 9.59 Å². The number of benzene rings is 1. The van der Waals surface area contributed by atoms with Crippen molar-refractivity contribution in [2.45, 2.75) is 44.9 Å². The number of thiophene rings is 1. The topological polar surface area (TPSA) is 78.4 Å². The van der Waals surface area contributed by atoms with Crippen molar-refractivity contribution < 1.29 is 9.59 Å². The van der Waals surface area contributed by atoms with Crippen molar-refractivity contribution in [1.29, 1.82) is 0 Å². The first kappa shape index (κ1) is 22.8. The third-order valence-electron chi connectivity index (χ3n) is 6.97. The third-order valence-corrected chi connectivity index (χ3v) is 8.16. The van der Waals surface area contributed by atoms with Crippen LogP contribution in [0.3, 0.4) is 0 Å². The van der Waals surface area contributed by atoms with Crippen molar-refractivity contribution >= 4 is 39.2 Å². The van der Waals surface area contributed by atoms with E-state index in [1.54, 1.807) is 6.33 Å². The van der Waals surface area contributed by atoms with Gasteiger partial charge in [0.1, 0.15) is 17.0 Å². The van der Waals surface area contributed by atoms with E-state index in [0.717, 1.165) is 84.9 Å². The Balaban J connectivity index is 1.28. The van der Waals surface area contributed by atoms with E-state index in [4.69, 9.17) is 0 Å². The van der Waals surface area contributed by atoms with Crippen LogP contribution in [0.5, 0.6) is 0 Å². The molecular weight excluding hydrogens is 446 g/mol. The van der Waals surface area contributed by atoms with Gasteiger partial charge in [0, 0.05) is 45.1 Å². The van der Waals surface area contributed by atoms with E-state index in [1.165, 1.54) is 16.9 Å². The number of aromatic nitrogens is 2. The van der Waals surface area contributed by atoms with Crippen molar-refractivity contribution in [3.8, 4) is 0 Å². The summed E-state index contributed by atoms with van der Waals surface area (Å²) in [4.78, 5) is 39.8. The first-order chi connectivity index (χ1) is 16.6. The van der Waals surface area contributed by atoms with E-state index in [2.05, 4.69) is 39.6 Å². The van der Waals surface area contributed by atoms with Crippen LogP contribution >= 0.6 is 11.3 Å². The average molecular weight is 478 g/mol. The van der Waals surface area contributed by atoms with Crippen LogP contribution in [0.1, 0.15) is 58.8 Å². The summed E-state index contributed by atoms with van der Waals surface area (Å²) < 4.78 is 0. The van der Waals surface area contributed by atoms with Gasteiger partial charge in [0.25, 0.3) is 5.91 Å². The smallest absolute Gasteiger partial charge is 0.264 e. The molecule has 5 rings (SSSR count). The zero-order valence-corrected chi connectivity index (χ0v) is 20.4. The Morgan fingerprint density at radius 3 is 2.82 bits per heavy atom. The maximum atomic E-state index is 13.5. The summed E-state index contributed by atoms with van der Waals surface area (Å²) in [6.07, 6.45) is 6.19. The fraction of sp³-hybridized carbons (Fsp3) is 0.462. The van der Waals surface area contributed by atoms with Crippen LogP contribution in [0.15, 0.2) is 36.7 Å². The van der Waals surface area contributed by atoms with Crippen molar-refractivity contribution in [2.75, 3.05) is 38.0 Å². The number of carbonyl (C=O) groups is 2. The second-order valence-corrected chi connectivity index (χ2v) is 10.2. The molecule has 2 aromatic heterocycles. The predicted octanol–water partition coefficient (Wildman–Crippen LogP) is 4.44. The number of amides is 2. The largest absolute Gasteiger partial charge is 0.369 e. The van der Waals surface area contributed by atoms with Gasteiger partial charge < -0.3 is 15.1 Å². The molecule has 2 aliphatic heterocycles. The van der Waals surface area contributed by atoms with Crippen LogP contribution < -0.4 is 5.32 Å². The zero-order valence-electron chi connectivity index (χ0n) is 19.6. The SMILES string of the molecule is Cc1c(C(=O)N2CCC[C@@H](c3ccccc3)C2)sc2ncnc(NCCCN3CCCC3=O)c12. The minimum Gasteiger partial charge on any atom is -0.369 e. The molecule has 0 spiro atoms. The van der Waals surface area contributed by atoms with Crippen LogP contribution in [0.2, 0.25) is 0 Å².